The van der Waals surface area contributed by atoms with E-state index in [1.54, 1.807) is 24.7 Å². The SMILES string of the molecule is CC1=C[C](C)([Zr])C2=Cc3c(C)cc(C)cc3C2=C1.Cl.Cl. The fourth-order valence-corrected chi connectivity index (χ4v) is 4.22. The minimum absolute atomic E-state index is 0. The predicted octanol–water partition coefficient (Wildman–Crippen LogP) is 5.61. The molecular formula is C17H19Cl2Zr. The molecule has 0 amide bonds. The van der Waals surface area contributed by atoms with E-state index in [0.29, 0.717) is 0 Å². The van der Waals surface area contributed by atoms with Crippen LogP contribution in [0.4, 0.5) is 0 Å². The van der Waals surface area contributed by atoms with Gasteiger partial charge in [-0.2, -0.15) is 0 Å². The molecule has 2 aliphatic carbocycles. The molecule has 0 fully saturated rings. The standard InChI is InChI=1S/C17H17.2ClH.Zr/c1-10-5-12(3)14-9-15-13(4)6-11(2)8-17(15)16(14)7-10;;;/h5-9H,1-4H3;2*1H;. The molecular weight excluding hydrogens is 366 g/mol. The molecule has 1 aromatic rings. The van der Waals surface area contributed by atoms with E-state index in [1.807, 2.05) is 0 Å². The molecule has 2 aliphatic rings. The van der Waals surface area contributed by atoms with Crippen molar-refractivity contribution in [3.63, 3.8) is 0 Å². The number of halogens is 2. The first-order valence-corrected chi connectivity index (χ1v) is 7.62. The van der Waals surface area contributed by atoms with Gasteiger partial charge in [0.2, 0.25) is 0 Å². The van der Waals surface area contributed by atoms with Gasteiger partial charge in [0, 0.05) is 0 Å². The molecule has 1 atom stereocenters. The quantitative estimate of drug-likeness (QED) is 0.544. The molecule has 0 aliphatic heterocycles. The van der Waals surface area contributed by atoms with Gasteiger partial charge in [0.05, 0.1) is 0 Å². The van der Waals surface area contributed by atoms with Gasteiger partial charge in [0.15, 0.2) is 0 Å². The summed E-state index contributed by atoms with van der Waals surface area (Å²) in [5.74, 6) is 0. The molecule has 0 saturated heterocycles. The Labute approximate surface area is 149 Å². The molecule has 0 spiro atoms. The van der Waals surface area contributed by atoms with E-state index in [1.165, 1.54) is 39.0 Å². The smallest absolute Gasteiger partial charge is 0.147 e. The zero-order valence-corrected chi connectivity index (χ0v) is 16.3. The first kappa shape index (κ1) is 18.0. The van der Waals surface area contributed by atoms with Crippen molar-refractivity contribution in [1.82, 2.24) is 0 Å². The minimum atomic E-state index is 0. The molecule has 105 valence electrons. The molecule has 0 heterocycles. The Bertz CT molecular complexity index is 649. The normalized spacial score (nSPS) is 22.4. The predicted molar refractivity (Wildman–Crippen MR) is 88.5 cm³/mol. The summed E-state index contributed by atoms with van der Waals surface area (Å²) in [6.45, 7) is 8.98. The van der Waals surface area contributed by atoms with Crippen molar-refractivity contribution in [3.8, 4) is 0 Å². The first-order valence-electron chi connectivity index (χ1n) is 6.39. The van der Waals surface area contributed by atoms with Gasteiger partial charge in [-0.05, 0) is 0 Å². The third-order valence-corrected chi connectivity index (χ3v) is 4.86. The summed E-state index contributed by atoms with van der Waals surface area (Å²) in [4.78, 5) is 0. The van der Waals surface area contributed by atoms with Crippen molar-refractivity contribution in [2.24, 2.45) is 0 Å². The molecule has 3 rings (SSSR count). The van der Waals surface area contributed by atoms with Crippen LogP contribution in [-0.4, -0.2) is 0 Å². The minimum Gasteiger partial charge on any atom is -0.147 e. The van der Waals surface area contributed by atoms with E-state index in [9.17, 15) is 0 Å². The van der Waals surface area contributed by atoms with E-state index in [0.717, 1.165) is 0 Å². The Morgan fingerprint density at radius 2 is 1.65 bits per heavy atom. The second-order valence-corrected chi connectivity index (χ2v) is 8.30. The molecule has 0 N–H and O–H groups in total. The van der Waals surface area contributed by atoms with Gasteiger partial charge in [-0.1, -0.05) is 0 Å². The number of fused-ring (bicyclic) bond motifs is 3. The van der Waals surface area contributed by atoms with Gasteiger partial charge in [-0.3, -0.25) is 0 Å². The average Bonchev–Trinajstić information content (AvgIpc) is 2.57. The van der Waals surface area contributed by atoms with Crippen molar-refractivity contribution in [3.05, 3.63) is 57.7 Å². The molecule has 0 aromatic heterocycles. The third kappa shape index (κ3) is 2.78. The van der Waals surface area contributed by atoms with Crippen LogP contribution in [0.2, 0.25) is 3.12 Å². The summed E-state index contributed by atoms with van der Waals surface area (Å²) in [5.41, 5.74) is 9.98. The molecule has 20 heavy (non-hydrogen) atoms. The number of hydrogen-bond donors (Lipinski definition) is 0. The monoisotopic (exact) mass is 383 g/mol. The molecule has 3 heteroatoms. The summed E-state index contributed by atoms with van der Waals surface area (Å²) in [5, 5.41) is 0. The molecule has 0 bridgehead atoms. The maximum atomic E-state index is 2.41. The van der Waals surface area contributed by atoms with E-state index in [-0.39, 0.29) is 27.9 Å². The van der Waals surface area contributed by atoms with Crippen LogP contribution in [0.5, 0.6) is 0 Å². The Kier molecular flexibility index (Phi) is 5.34. The maximum Gasteiger partial charge on any atom is -0.147 e. The van der Waals surface area contributed by atoms with Crippen molar-refractivity contribution < 1.29 is 24.7 Å². The van der Waals surface area contributed by atoms with Gasteiger partial charge in [0.1, 0.15) is 0 Å². The topological polar surface area (TPSA) is 0 Å². The number of rotatable bonds is 0. The summed E-state index contributed by atoms with van der Waals surface area (Å²) in [7, 11) is 0. The molecule has 1 aromatic carbocycles. The molecule has 0 radical (unpaired) electrons. The second kappa shape index (κ2) is 5.95. The number of benzene rings is 1. The van der Waals surface area contributed by atoms with Crippen LogP contribution >= 0.6 is 24.8 Å². The van der Waals surface area contributed by atoms with E-state index >= 15 is 0 Å². The van der Waals surface area contributed by atoms with Crippen LogP contribution in [0.1, 0.15) is 36.1 Å². The van der Waals surface area contributed by atoms with Gasteiger partial charge in [0.25, 0.3) is 0 Å². The Morgan fingerprint density at radius 1 is 1.00 bits per heavy atom. The summed E-state index contributed by atoms with van der Waals surface area (Å²) in [6, 6.07) is 4.62. The number of hydrogen-bond acceptors (Lipinski definition) is 0. The summed E-state index contributed by atoms with van der Waals surface area (Å²) >= 11 is 1.57. The van der Waals surface area contributed by atoms with Crippen LogP contribution in [0, 0.1) is 13.8 Å². The zero-order valence-electron chi connectivity index (χ0n) is 12.2. The van der Waals surface area contributed by atoms with Gasteiger partial charge >= 0.3 is 125 Å². The Balaban J connectivity index is 0.000001000. The van der Waals surface area contributed by atoms with Crippen molar-refractivity contribution in [2.75, 3.05) is 0 Å². The Morgan fingerprint density at radius 3 is 2.30 bits per heavy atom. The maximum absolute atomic E-state index is 2.41. The summed E-state index contributed by atoms with van der Waals surface area (Å²) < 4.78 is 0.236. The van der Waals surface area contributed by atoms with Gasteiger partial charge in [-0.25, -0.2) is 0 Å². The number of allylic oxidation sites excluding steroid dienone is 5. The molecule has 0 nitrogen and oxygen atoms in total. The Hall–Kier alpha value is -0.0969. The first-order chi connectivity index (χ1) is 8.38. The van der Waals surface area contributed by atoms with Crippen molar-refractivity contribution in [1.29, 1.82) is 0 Å². The van der Waals surface area contributed by atoms with Gasteiger partial charge < -0.3 is 0 Å². The fraction of sp³-hybridized carbons (Fsp3) is 0.294. The molecule has 1 unspecified atom stereocenters. The van der Waals surface area contributed by atoms with Gasteiger partial charge in [-0.15, -0.1) is 24.8 Å². The van der Waals surface area contributed by atoms with Crippen LogP contribution in [-0.2, 0) is 24.7 Å². The second-order valence-electron chi connectivity index (χ2n) is 5.75. The average molecular weight is 385 g/mol. The van der Waals surface area contributed by atoms with Crippen LogP contribution in [0.3, 0.4) is 0 Å². The third-order valence-electron chi connectivity index (χ3n) is 3.85. The molecule has 0 saturated carbocycles. The van der Waals surface area contributed by atoms with Crippen LogP contribution in [0.25, 0.3) is 11.6 Å². The largest absolute Gasteiger partial charge is 0.147 e. The van der Waals surface area contributed by atoms with Crippen LogP contribution in [0.15, 0.2) is 35.4 Å². The van der Waals surface area contributed by atoms with Crippen molar-refractivity contribution in [2.45, 2.75) is 30.8 Å². The number of aryl methyl sites for hydroxylation is 2. The summed E-state index contributed by atoms with van der Waals surface area (Å²) in [6.07, 6.45) is 7.17. The van der Waals surface area contributed by atoms with E-state index in [2.05, 4.69) is 58.1 Å². The zero-order chi connectivity index (χ0) is 13.1. The fourth-order valence-electron chi connectivity index (χ4n) is 3.15. The van der Waals surface area contributed by atoms with Crippen LogP contribution < -0.4 is 0 Å². The van der Waals surface area contributed by atoms with Crippen molar-refractivity contribution >= 4 is 36.5 Å². The van der Waals surface area contributed by atoms with E-state index < -0.39 is 0 Å². The van der Waals surface area contributed by atoms with E-state index in [4.69, 9.17) is 0 Å².